The number of methoxy groups -OCH3 is 1. The van der Waals surface area contributed by atoms with Crippen molar-refractivity contribution in [2.75, 3.05) is 16.9 Å². The quantitative estimate of drug-likeness (QED) is 0.145. The van der Waals surface area contributed by atoms with E-state index in [0.29, 0.717) is 34.0 Å². The fourth-order valence-electron chi connectivity index (χ4n) is 4.64. The summed E-state index contributed by atoms with van der Waals surface area (Å²) in [7, 11) is 1.48. The SMILES string of the molecule is COc1cc(/C=C2/C(=O)N(c3ccccc3)C(=S)N(c3ccc(C)c(C)c3)C2=O)ccc1OCc1cccc(C(=O)O)c1. The predicted octanol–water partition coefficient (Wildman–Crippen LogP) is 6.34. The fourth-order valence-corrected chi connectivity index (χ4v) is 5.02. The van der Waals surface area contributed by atoms with E-state index in [1.54, 1.807) is 54.6 Å². The van der Waals surface area contributed by atoms with E-state index in [9.17, 15) is 19.5 Å². The summed E-state index contributed by atoms with van der Waals surface area (Å²) in [5.41, 5.74) is 4.45. The standard InChI is InChI=1S/C34H28N2O6S/c1-21-12-14-27(16-22(21)2)36-32(38)28(31(37)35(34(36)43)26-10-5-4-6-11-26)18-23-13-15-29(30(19-23)41-3)42-20-24-8-7-9-25(17-24)33(39)40/h4-19H,20H2,1-3H3,(H,39,40)/b28-18-. The molecule has 43 heavy (non-hydrogen) atoms. The van der Waals surface area contributed by atoms with Gasteiger partial charge in [-0.1, -0.05) is 42.5 Å². The minimum absolute atomic E-state index is 0.0647. The van der Waals surface area contributed by atoms with Gasteiger partial charge in [0.2, 0.25) is 0 Å². The number of hydrogen-bond donors (Lipinski definition) is 1. The van der Waals surface area contributed by atoms with E-state index in [2.05, 4.69) is 0 Å². The molecule has 2 amide bonds. The number of carboxylic acid groups (broad SMARTS) is 1. The predicted molar refractivity (Wildman–Crippen MR) is 169 cm³/mol. The second-order valence-corrected chi connectivity index (χ2v) is 10.3. The third kappa shape index (κ3) is 6.02. The Morgan fingerprint density at radius 1 is 0.814 bits per heavy atom. The van der Waals surface area contributed by atoms with E-state index >= 15 is 0 Å². The number of carbonyl (C=O) groups excluding carboxylic acids is 2. The van der Waals surface area contributed by atoms with E-state index in [0.717, 1.165) is 11.1 Å². The van der Waals surface area contributed by atoms with Crippen LogP contribution in [-0.2, 0) is 16.2 Å². The van der Waals surface area contributed by atoms with Gasteiger partial charge >= 0.3 is 5.97 Å². The number of amides is 2. The van der Waals surface area contributed by atoms with Gasteiger partial charge < -0.3 is 14.6 Å². The van der Waals surface area contributed by atoms with Gasteiger partial charge in [0.25, 0.3) is 11.8 Å². The molecular weight excluding hydrogens is 564 g/mol. The van der Waals surface area contributed by atoms with Crippen molar-refractivity contribution in [2.24, 2.45) is 0 Å². The highest BCUT2D eigenvalue weighted by Gasteiger charge is 2.41. The number of benzene rings is 4. The van der Waals surface area contributed by atoms with Gasteiger partial charge in [-0.2, -0.15) is 0 Å². The Morgan fingerprint density at radius 3 is 2.21 bits per heavy atom. The Labute approximate surface area is 254 Å². The zero-order chi connectivity index (χ0) is 30.7. The highest BCUT2D eigenvalue weighted by molar-refractivity contribution is 7.81. The van der Waals surface area contributed by atoms with Crippen molar-refractivity contribution in [1.29, 1.82) is 0 Å². The molecule has 1 aliphatic rings. The van der Waals surface area contributed by atoms with Gasteiger partial charge in [0.05, 0.1) is 24.0 Å². The maximum atomic E-state index is 13.9. The van der Waals surface area contributed by atoms with Gasteiger partial charge in [0.15, 0.2) is 16.6 Å². The van der Waals surface area contributed by atoms with Crippen molar-refractivity contribution in [1.82, 2.24) is 0 Å². The highest BCUT2D eigenvalue weighted by Crippen LogP contribution is 2.33. The van der Waals surface area contributed by atoms with E-state index < -0.39 is 17.8 Å². The Hall–Kier alpha value is -5.28. The monoisotopic (exact) mass is 592 g/mol. The average molecular weight is 593 g/mol. The molecule has 0 radical (unpaired) electrons. The van der Waals surface area contributed by atoms with Crippen molar-refractivity contribution < 1.29 is 29.0 Å². The van der Waals surface area contributed by atoms with Crippen LogP contribution in [0.25, 0.3) is 6.08 Å². The number of thiocarbonyl (C=S) groups is 1. The number of nitrogens with zero attached hydrogens (tertiary/aromatic N) is 2. The van der Waals surface area contributed by atoms with Gasteiger partial charge in [-0.05, 0) is 103 Å². The molecule has 1 aliphatic heterocycles. The molecule has 216 valence electrons. The molecule has 5 rings (SSSR count). The number of carbonyl (C=O) groups is 3. The average Bonchev–Trinajstić information content (AvgIpc) is 3.01. The normalized spacial score (nSPS) is 14.3. The molecule has 4 aromatic rings. The Kier molecular flexibility index (Phi) is 8.36. The first-order valence-corrected chi connectivity index (χ1v) is 13.8. The van der Waals surface area contributed by atoms with Crippen LogP contribution in [0.2, 0.25) is 0 Å². The Balaban J connectivity index is 1.50. The van der Waals surface area contributed by atoms with Crippen LogP contribution >= 0.6 is 12.2 Å². The van der Waals surface area contributed by atoms with Crippen LogP contribution in [0.4, 0.5) is 11.4 Å². The summed E-state index contributed by atoms with van der Waals surface area (Å²) in [6.45, 7) is 4.05. The largest absolute Gasteiger partial charge is 0.493 e. The summed E-state index contributed by atoms with van der Waals surface area (Å²) in [5, 5.41) is 9.32. The lowest BCUT2D eigenvalue weighted by atomic mass is 10.0. The van der Waals surface area contributed by atoms with Gasteiger partial charge in [-0.15, -0.1) is 0 Å². The van der Waals surface area contributed by atoms with E-state index in [-0.39, 0.29) is 22.9 Å². The molecule has 1 saturated heterocycles. The van der Waals surface area contributed by atoms with Crippen molar-refractivity contribution in [3.8, 4) is 11.5 Å². The molecule has 0 atom stereocenters. The third-order valence-corrected chi connectivity index (χ3v) is 7.44. The van der Waals surface area contributed by atoms with Crippen molar-refractivity contribution >= 4 is 52.6 Å². The molecule has 8 nitrogen and oxygen atoms in total. The smallest absolute Gasteiger partial charge is 0.335 e. The van der Waals surface area contributed by atoms with Crippen LogP contribution in [0.3, 0.4) is 0 Å². The number of ether oxygens (including phenoxy) is 2. The third-order valence-electron chi connectivity index (χ3n) is 7.08. The Morgan fingerprint density at radius 2 is 1.53 bits per heavy atom. The molecular formula is C34H28N2O6S. The molecule has 0 unspecified atom stereocenters. The number of anilines is 2. The lowest BCUT2D eigenvalue weighted by Gasteiger charge is -2.36. The van der Waals surface area contributed by atoms with Gasteiger partial charge in [0.1, 0.15) is 12.2 Å². The minimum atomic E-state index is -1.02. The number of aryl methyl sites for hydroxylation is 2. The summed E-state index contributed by atoms with van der Waals surface area (Å²) in [4.78, 5) is 41.8. The van der Waals surface area contributed by atoms with E-state index in [1.807, 2.05) is 38.1 Å². The number of aromatic carboxylic acids is 1. The number of rotatable bonds is 8. The molecule has 9 heteroatoms. The first-order chi connectivity index (χ1) is 20.7. The second-order valence-electron chi connectivity index (χ2n) is 9.93. The fraction of sp³-hybridized carbons (Fsp3) is 0.118. The maximum Gasteiger partial charge on any atom is 0.335 e. The Bertz CT molecular complexity index is 1780. The highest BCUT2D eigenvalue weighted by atomic mass is 32.1. The van der Waals surface area contributed by atoms with Crippen molar-refractivity contribution in [3.05, 3.63) is 124 Å². The topological polar surface area (TPSA) is 96.4 Å². The summed E-state index contributed by atoms with van der Waals surface area (Å²) in [6.07, 6.45) is 1.51. The lowest BCUT2D eigenvalue weighted by molar-refractivity contribution is -0.120. The molecule has 0 spiro atoms. The molecule has 4 aromatic carbocycles. The molecule has 0 bridgehead atoms. The molecule has 0 aromatic heterocycles. The van der Waals surface area contributed by atoms with Crippen LogP contribution < -0.4 is 19.3 Å². The zero-order valence-corrected chi connectivity index (χ0v) is 24.6. The summed E-state index contributed by atoms with van der Waals surface area (Å²) < 4.78 is 11.5. The van der Waals surface area contributed by atoms with Gasteiger partial charge in [-0.3, -0.25) is 19.4 Å². The van der Waals surface area contributed by atoms with Gasteiger partial charge in [0, 0.05) is 0 Å². The number of carboxylic acids is 1. The van der Waals surface area contributed by atoms with Crippen molar-refractivity contribution in [3.63, 3.8) is 0 Å². The summed E-state index contributed by atoms with van der Waals surface area (Å²) in [6, 6.07) is 26.1. The van der Waals surface area contributed by atoms with Crippen LogP contribution in [0.5, 0.6) is 11.5 Å². The van der Waals surface area contributed by atoms with Gasteiger partial charge in [-0.25, -0.2) is 4.79 Å². The van der Waals surface area contributed by atoms with E-state index in [1.165, 1.54) is 35.1 Å². The molecule has 1 heterocycles. The lowest BCUT2D eigenvalue weighted by Crippen LogP contribution is -2.57. The van der Waals surface area contributed by atoms with Crippen LogP contribution in [0, 0.1) is 13.8 Å². The molecule has 1 fully saturated rings. The maximum absolute atomic E-state index is 13.9. The number of hydrogen-bond acceptors (Lipinski definition) is 6. The van der Waals surface area contributed by atoms with Crippen LogP contribution in [0.1, 0.15) is 32.6 Å². The molecule has 1 N–H and O–H groups in total. The van der Waals surface area contributed by atoms with E-state index in [4.69, 9.17) is 21.7 Å². The first-order valence-electron chi connectivity index (χ1n) is 13.4. The first kappa shape index (κ1) is 29.2. The minimum Gasteiger partial charge on any atom is -0.493 e. The zero-order valence-electron chi connectivity index (χ0n) is 23.7. The van der Waals surface area contributed by atoms with Crippen LogP contribution in [0.15, 0.2) is 96.6 Å². The summed E-state index contributed by atoms with van der Waals surface area (Å²) >= 11 is 5.72. The molecule has 0 saturated carbocycles. The second kappa shape index (κ2) is 12.3. The molecule has 0 aliphatic carbocycles. The summed E-state index contributed by atoms with van der Waals surface area (Å²) in [5.74, 6) is -1.32. The van der Waals surface area contributed by atoms with Crippen LogP contribution in [-0.4, -0.2) is 35.1 Å². The number of para-hydroxylation sites is 1. The van der Waals surface area contributed by atoms with Crippen molar-refractivity contribution in [2.45, 2.75) is 20.5 Å².